The molecule has 0 aromatic rings. The molecule has 0 aromatic heterocycles. The Labute approximate surface area is 102 Å². The third-order valence-corrected chi connectivity index (χ3v) is 3.74. The number of hydrogen-bond donors (Lipinski definition) is 0. The molecule has 0 saturated carbocycles. The number of fused-ring (bicyclic) bond motifs is 1. The van der Waals surface area contributed by atoms with Gasteiger partial charge < -0.3 is 0 Å². The van der Waals surface area contributed by atoms with Crippen molar-refractivity contribution in [3.63, 3.8) is 0 Å². The molecule has 0 bridgehead atoms. The number of hydrogen-bond acceptors (Lipinski definition) is 2. The van der Waals surface area contributed by atoms with Crippen molar-refractivity contribution in [1.82, 2.24) is 4.90 Å². The van der Waals surface area contributed by atoms with Crippen LogP contribution in [-0.2, 0) is 9.59 Å². The maximum Gasteiger partial charge on any atom is 0.233 e. The summed E-state index contributed by atoms with van der Waals surface area (Å²) in [5, 5.41) is 0. The molecule has 3 unspecified atom stereocenters. The van der Waals surface area contributed by atoms with Gasteiger partial charge in [0, 0.05) is 6.54 Å². The molecule has 2 rings (SSSR count). The second-order valence-electron chi connectivity index (χ2n) is 4.82. The van der Waals surface area contributed by atoms with Crippen LogP contribution in [0.5, 0.6) is 0 Å². The van der Waals surface area contributed by atoms with E-state index in [1.807, 2.05) is 0 Å². The minimum absolute atomic E-state index is 0.00250. The van der Waals surface area contributed by atoms with E-state index in [9.17, 15) is 9.59 Å². The molecule has 0 radical (unpaired) electrons. The zero-order valence-corrected chi connectivity index (χ0v) is 10.3. The first-order chi connectivity index (χ1) is 8.20. The highest BCUT2D eigenvalue weighted by Gasteiger charge is 2.50. The molecule has 92 valence electrons. The molecule has 1 fully saturated rings. The average Bonchev–Trinajstić information content (AvgIpc) is 2.56. The van der Waals surface area contributed by atoms with Gasteiger partial charge in [0.2, 0.25) is 11.8 Å². The van der Waals surface area contributed by atoms with Gasteiger partial charge in [-0.05, 0) is 18.8 Å². The molecule has 0 N–H and O–H groups in total. The van der Waals surface area contributed by atoms with Crippen LogP contribution < -0.4 is 0 Å². The van der Waals surface area contributed by atoms with E-state index < -0.39 is 0 Å². The third-order valence-electron chi connectivity index (χ3n) is 3.74. The summed E-state index contributed by atoms with van der Waals surface area (Å²) >= 11 is 0. The predicted octanol–water partition coefficient (Wildman–Crippen LogP) is 2.15. The zero-order valence-electron chi connectivity index (χ0n) is 10.3. The van der Waals surface area contributed by atoms with E-state index in [4.69, 9.17) is 0 Å². The van der Waals surface area contributed by atoms with E-state index in [1.165, 1.54) is 4.90 Å². The van der Waals surface area contributed by atoms with Crippen LogP contribution in [0, 0.1) is 17.8 Å². The Bertz CT molecular complexity index is 372. The smallest absolute Gasteiger partial charge is 0.233 e. The molecule has 1 saturated heterocycles. The van der Waals surface area contributed by atoms with Crippen molar-refractivity contribution in [2.75, 3.05) is 6.54 Å². The fourth-order valence-corrected chi connectivity index (χ4v) is 2.98. The van der Waals surface area contributed by atoms with E-state index in [2.05, 4.69) is 25.7 Å². The molecule has 0 spiro atoms. The Balaban J connectivity index is 2.24. The Morgan fingerprint density at radius 2 is 2.24 bits per heavy atom. The van der Waals surface area contributed by atoms with E-state index in [-0.39, 0.29) is 29.6 Å². The van der Waals surface area contributed by atoms with E-state index in [1.54, 1.807) is 6.08 Å². The van der Waals surface area contributed by atoms with Gasteiger partial charge in [-0.3, -0.25) is 14.5 Å². The maximum absolute atomic E-state index is 12.2. The van der Waals surface area contributed by atoms with Gasteiger partial charge >= 0.3 is 0 Å². The Hall–Kier alpha value is -1.38. The average molecular weight is 233 g/mol. The van der Waals surface area contributed by atoms with Gasteiger partial charge in [-0.15, -0.1) is 6.58 Å². The van der Waals surface area contributed by atoms with Gasteiger partial charge in [-0.2, -0.15) is 0 Å². The van der Waals surface area contributed by atoms with Crippen LogP contribution in [0.25, 0.3) is 0 Å². The first-order valence-corrected chi connectivity index (χ1v) is 6.33. The minimum Gasteiger partial charge on any atom is -0.278 e. The molecule has 2 aliphatic rings. The summed E-state index contributed by atoms with van der Waals surface area (Å²) in [4.78, 5) is 25.7. The van der Waals surface area contributed by atoms with Gasteiger partial charge in [0.25, 0.3) is 0 Å². The lowest BCUT2D eigenvalue weighted by Gasteiger charge is -2.25. The molecule has 2 amide bonds. The number of rotatable bonds is 4. The van der Waals surface area contributed by atoms with Crippen LogP contribution in [0.1, 0.15) is 26.2 Å². The van der Waals surface area contributed by atoms with Crippen LogP contribution in [0.3, 0.4) is 0 Å². The molecule has 1 aliphatic heterocycles. The van der Waals surface area contributed by atoms with Crippen LogP contribution in [0.4, 0.5) is 0 Å². The fourth-order valence-electron chi connectivity index (χ4n) is 2.98. The topological polar surface area (TPSA) is 37.4 Å². The summed E-state index contributed by atoms with van der Waals surface area (Å²) in [5.74, 6) is -0.00512. The number of allylic oxidation sites excluding steroid dienone is 2. The highest BCUT2D eigenvalue weighted by atomic mass is 16.2. The quantitative estimate of drug-likeness (QED) is 0.551. The summed E-state index contributed by atoms with van der Waals surface area (Å²) < 4.78 is 0. The summed E-state index contributed by atoms with van der Waals surface area (Å²) in [6.45, 7) is 6.07. The molecule has 3 heteroatoms. The summed E-state index contributed by atoms with van der Waals surface area (Å²) in [7, 11) is 0. The Kier molecular flexibility index (Phi) is 3.46. The monoisotopic (exact) mass is 233 g/mol. The normalized spacial score (nSPS) is 31.8. The summed E-state index contributed by atoms with van der Waals surface area (Å²) in [6, 6.07) is 0. The van der Waals surface area contributed by atoms with Crippen molar-refractivity contribution >= 4 is 11.8 Å². The highest BCUT2D eigenvalue weighted by Crippen LogP contribution is 2.40. The molecular weight excluding hydrogens is 214 g/mol. The molecule has 17 heavy (non-hydrogen) atoms. The van der Waals surface area contributed by atoms with Gasteiger partial charge in [-0.1, -0.05) is 31.6 Å². The molecule has 3 atom stereocenters. The van der Waals surface area contributed by atoms with Gasteiger partial charge in [0.05, 0.1) is 11.8 Å². The van der Waals surface area contributed by atoms with Crippen molar-refractivity contribution in [3.8, 4) is 0 Å². The van der Waals surface area contributed by atoms with Gasteiger partial charge in [0.1, 0.15) is 0 Å². The lowest BCUT2D eigenvalue weighted by molar-refractivity contribution is -0.139. The van der Waals surface area contributed by atoms with E-state index >= 15 is 0 Å². The highest BCUT2D eigenvalue weighted by molar-refractivity contribution is 6.05. The van der Waals surface area contributed by atoms with Crippen LogP contribution in [0.2, 0.25) is 0 Å². The number of carbonyl (C=O) groups excluding carboxylic acids is 2. The molecule has 0 aromatic carbocycles. The lowest BCUT2D eigenvalue weighted by Crippen LogP contribution is -2.32. The molecule has 1 aliphatic carbocycles. The van der Waals surface area contributed by atoms with Crippen LogP contribution in [0.15, 0.2) is 24.8 Å². The maximum atomic E-state index is 12.2. The minimum atomic E-state index is -0.121. The Morgan fingerprint density at radius 3 is 2.88 bits per heavy atom. The first kappa shape index (κ1) is 12.1. The number of imide groups is 1. The molecule has 3 nitrogen and oxygen atoms in total. The first-order valence-electron chi connectivity index (χ1n) is 6.33. The van der Waals surface area contributed by atoms with Crippen molar-refractivity contribution in [2.45, 2.75) is 26.2 Å². The predicted molar refractivity (Wildman–Crippen MR) is 66.1 cm³/mol. The van der Waals surface area contributed by atoms with Crippen molar-refractivity contribution in [1.29, 1.82) is 0 Å². The molecular formula is C14H19NO2. The van der Waals surface area contributed by atoms with Crippen LogP contribution in [-0.4, -0.2) is 23.3 Å². The molecule has 1 heterocycles. The number of nitrogens with zero attached hydrogens (tertiary/aromatic N) is 1. The van der Waals surface area contributed by atoms with E-state index in [0.717, 1.165) is 12.8 Å². The van der Waals surface area contributed by atoms with Gasteiger partial charge in [-0.25, -0.2) is 0 Å². The largest absolute Gasteiger partial charge is 0.278 e. The van der Waals surface area contributed by atoms with Gasteiger partial charge in [0.15, 0.2) is 0 Å². The third kappa shape index (κ3) is 1.94. The SMILES string of the molecule is C=CCN1C(=O)C2CC=CC(CCC)C2C1=O. The number of likely N-dealkylation sites (tertiary alicyclic amines) is 1. The standard InChI is InChI=1S/C14H19NO2/c1-3-6-10-7-5-8-11-12(10)14(17)15(9-4-2)13(11)16/h4-5,7,10-12H,2-3,6,8-9H2,1H3. The number of amides is 2. The number of carbonyl (C=O) groups is 2. The Morgan fingerprint density at radius 1 is 1.47 bits per heavy atom. The van der Waals surface area contributed by atoms with Crippen molar-refractivity contribution in [2.24, 2.45) is 17.8 Å². The van der Waals surface area contributed by atoms with E-state index in [0.29, 0.717) is 13.0 Å². The fraction of sp³-hybridized carbons (Fsp3) is 0.571. The second kappa shape index (κ2) is 4.86. The lowest BCUT2D eigenvalue weighted by atomic mass is 9.75. The van der Waals surface area contributed by atoms with Crippen molar-refractivity contribution in [3.05, 3.63) is 24.8 Å². The second-order valence-corrected chi connectivity index (χ2v) is 4.82. The summed E-state index contributed by atoms with van der Waals surface area (Å²) in [6.07, 6.45) is 8.54. The zero-order chi connectivity index (χ0) is 12.4. The summed E-state index contributed by atoms with van der Waals surface area (Å²) in [5.41, 5.74) is 0. The van der Waals surface area contributed by atoms with Crippen molar-refractivity contribution < 1.29 is 9.59 Å². The van der Waals surface area contributed by atoms with Crippen LogP contribution >= 0.6 is 0 Å².